The Bertz CT molecular complexity index is 262. The molecule has 0 saturated heterocycles. The number of aliphatic imine (C=N–C) groups is 1. The summed E-state index contributed by atoms with van der Waals surface area (Å²) in [6.45, 7) is 6.21. The Labute approximate surface area is 137 Å². The second-order valence-corrected chi connectivity index (χ2v) is 3.72. The quantitative estimate of drug-likeness (QED) is 0.552. The topological polar surface area (TPSA) is 12.4 Å². The molecule has 1 nitrogen and oxygen atoms in total. The number of rotatable bonds is 1. The fourth-order valence-electron chi connectivity index (χ4n) is 0.681. The van der Waals surface area contributed by atoms with Gasteiger partial charge in [0.1, 0.15) is 0 Å². The molecule has 0 spiro atoms. The van der Waals surface area contributed by atoms with Crippen LogP contribution in [0.2, 0.25) is 0 Å². The monoisotopic (exact) mass is 337 g/mol. The molecule has 0 N–H and O–H groups in total. The van der Waals surface area contributed by atoms with Gasteiger partial charge in [0.25, 0.3) is 0 Å². The Morgan fingerprint density at radius 1 is 1.21 bits per heavy atom. The largest absolute Gasteiger partial charge is 0.481 e. The smallest absolute Gasteiger partial charge is 0 e. The molecule has 0 unspecified atom stereocenters. The first-order valence-corrected chi connectivity index (χ1v) is 4.02. The molecule has 0 heterocycles. The van der Waals surface area contributed by atoms with Gasteiger partial charge in [0.2, 0.25) is 0 Å². The van der Waals surface area contributed by atoms with Gasteiger partial charge in [0.15, 0.2) is 0 Å². The maximum Gasteiger partial charge on any atom is 0 e. The summed E-state index contributed by atoms with van der Waals surface area (Å²) >= 11 is 0. The summed E-state index contributed by atoms with van der Waals surface area (Å²) in [4.78, 5) is 4.17. The van der Waals surface area contributed by atoms with Crippen LogP contribution in [0.4, 0.5) is 5.69 Å². The van der Waals surface area contributed by atoms with Crippen LogP contribution in [0.5, 0.6) is 0 Å². The van der Waals surface area contributed by atoms with Gasteiger partial charge < -0.3 is 4.99 Å². The third-order valence-electron chi connectivity index (χ3n) is 1.20. The molecule has 0 aliphatic rings. The van der Waals surface area contributed by atoms with Crippen LogP contribution in [0.25, 0.3) is 0 Å². The van der Waals surface area contributed by atoms with E-state index in [0.717, 1.165) is 5.69 Å². The standard InChI is InChI=1S/C11H13N.2Y/c1-11(2,3)9-12-10-7-5-4-6-8-10;;/h4-7H,1-3H3;;/q-2;;. The predicted molar refractivity (Wildman–Crippen MR) is 51.8 cm³/mol. The molecule has 0 aromatic heterocycles. The zero-order valence-corrected chi connectivity index (χ0v) is 14.6. The van der Waals surface area contributed by atoms with Gasteiger partial charge in [-0.2, -0.15) is 24.4 Å². The number of hydrogen-bond acceptors (Lipinski definition) is 1. The third-order valence-corrected chi connectivity index (χ3v) is 1.20. The minimum absolute atomic E-state index is 0. The minimum Gasteiger partial charge on any atom is -0.481 e. The van der Waals surface area contributed by atoms with E-state index in [-0.39, 0.29) is 70.8 Å². The number of hydrogen-bond donors (Lipinski definition) is 0. The molecule has 2 radical (unpaired) electrons. The van der Waals surface area contributed by atoms with Crippen molar-refractivity contribution < 1.29 is 65.4 Å². The molecule has 3 heteroatoms. The van der Waals surface area contributed by atoms with E-state index < -0.39 is 0 Å². The second kappa shape index (κ2) is 8.27. The first kappa shape index (κ1) is 17.5. The Morgan fingerprint density at radius 2 is 1.86 bits per heavy atom. The van der Waals surface area contributed by atoms with Crippen molar-refractivity contribution in [1.29, 1.82) is 0 Å². The van der Waals surface area contributed by atoms with Crippen molar-refractivity contribution in [1.82, 2.24) is 0 Å². The Balaban J connectivity index is 0. The maximum atomic E-state index is 4.17. The van der Waals surface area contributed by atoms with Crippen molar-refractivity contribution in [3.8, 4) is 0 Å². The van der Waals surface area contributed by atoms with Crippen LogP contribution in [0, 0.1) is 11.5 Å². The molecule has 70 valence electrons. The van der Waals surface area contributed by atoms with Crippen molar-refractivity contribution in [2.24, 2.45) is 10.4 Å². The zero-order chi connectivity index (χ0) is 9.03. The van der Waals surface area contributed by atoms with Gasteiger partial charge >= 0.3 is 0 Å². The van der Waals surface area contributed by atoms with E-state index in [1.165, 1.54) is 0 Å². The maximum absolute atomic E-state index is 4.17. The fraction of sp³-hybridized carbons (Fsp3) is 0.364. The molecule has 1 aromatic carbocycles. The normalized spacial score (nSPS) is 10.5. The summed E-state index contributed by atoms with van der Waals surface area (Å²) in [6.07, 6.45) is 3.03. The molecule has 1 rings (SSSR count). The molecular weight excluding hydrogens is 324 g/mol. The van der Waals surface area contributed by atoms with Gasteiger partial charge in [-0.05, 0) is 0 Å². The fourth-order valence-corrected chi connectivity index (χ4v) is 0.681. The molecular formula is C11H13NY2-2. The summed E-state index contributed by atoms with van der Waals surface area (Å²) in [5, 5.41) is 0. The minimum atomic E-state index is 0. The Morgan fingerprint density at radius 3 is 2.29 bits per heavy atom. The van der Waals surface area contributed by atoms with E-state index in [9.17, 15) is 0 Å². The van der Waals surface area contributed by atoms with Crippen molar-refractivity contribution in [2.75, 3.05) is 0 Å². The predicted octanol–water partition coefficient (Wildman–Crippen LogP) is 3.11. The van der Waals surface area contributed by atoms with Crippen LogP contribution in [0.1, 0.15) is 20.8 Å². The van der Waals surface area contributed by atoms with Crippen LogP contribution >= 0.6 is 0 Å². The molecule has 0 bridgehead atoms. The summed E-state index contributed by atoms with van der Waals surface area (Å²) in [6, 6.07) is 10.6. The van der Waals surface area contributed by atoms with Crippen LogP contribution in [0.3, 0.4) is 0 Å². The molecule has 0 amide bonds. The molecule has 0 saturated carbocycles. The van der Waals surface area contributed by atoms with E-state index in [1.54, 1.807) is 0 Å². The molecule has 0 aliphatic carbocycles. The molecule has 1 aromatic rings. The van der Waals surface area contributed by atoms with Gasteiger partial charge in [-0.1, -0.05) is 26.2 Å². The van der Waals surface area contributed by atoms with E-state index in [1.807, 2.05) is 24.3 Å². The third kappa shape index (κ3) is 8.41. The summed E-state index contributed by atoms with van der Waals surface area (Å²) in [5.74, 6) is 0. The second-order valence-electron chi connectivity index (χ2n) is 3.72. The average Bonchev–Trinajstić information content (AvgIpc) is 2.02. The van der Waals surface area contributed by atoms with Crippen LogP contribution in [-0.4, -0.2) is 6.21 Å². The van der Waals surface area contributed by atoms with Crippen molar-refractivity contribution in [2.45, 2.75) is 20.8 Å². The van der Waals surface area contributed by atoms with Gasteiger partial charge in [-0.15, -0.1) is 0 Å². The number of benzene rings is 1. The summed E-state index contributed by atoms with van der Waals surface area (Å²) in [7, 11) is 0. The van der Waals surface area contributed by atoms with Crippen LogP contribution in [-0.2, 0) is 65.4 Å². The van der Waals surface area contributed by atoms with Gasteiger partial charge in [-0.3, -0.25) is 6.07 Å². The average molecular weight is 337 g/mol. The van der Waals surface area contributed by atoms with Crippen molar-refractivity contribution in [3.63, 3.8) is 0 Å². The van der Waals surface area contributed by atoms with Gasteiger partial charge in [0.05, 0.1) is 0 Å². The van der Waals surface area contributed by atoms with Gasteiger partial charge in [0, 0.05) is 65.4 Å². The van der Waals surface area contributed by atoms with E-state index in [2.05, 4.69) is 38.0 Å². The zero-order valence-electron chi connectivity index (χ0n) is 8.91. The number of nitrogens with zero attached hydrogens (tertiary/aromatic N) is 1. The first-order chi connectivity index (χ1) is 5.58. The first-order valence-electron chi connectivity index (χ1n) is 4.02. The van der Waals surface area contributed by atoms with E-state index in [0.29, 0.717) is 0 Å². The SMILES string of the molecule is CC(C)(C)[C-]=Nc1[c-]cccc1.[Y].[Y]. The summed E-state index contributed by atoms with van der Waals surface area (Å²) in [5.41, 5.74) is 0.858. The van der Waals surface area contributed by atoms with Crippen LogP contribution in [0.15, 0.2) is 29.3 Å². The van der Waals surface area contributed by atoms with Crippen LogP contribution < -0.4 is 0 Å². The molecule has 0 aliphatic heterocycles. The molecule has 0 atom stereocenters. The van der Waals surface area contributed by atoms with Gasteiger partial charge in [-0.25, -0.2) is 11.8 Å². The number of para-hydroxylation sites is 1. The van der Waals surface area contributed by atoms with Crippen molar-refractivity contribution in [3.05, 3.63) is 30.3 Å². The summed E-state index contributed by atoms with van der Waals surface area (Å²) < 4.78 is 0. The molecule has 14 heavy (non-hydrogen) atoms. The Kier molecular flexibility index (Phi) is 10.3. The Hall–Kier alpha value is 1.10. The van der Waals surface area contributed by atoms with E-state index in [4.69, 9.17) is 0 Å². The molecule has 0 fully saturated rings. The van der Waals surface area contributed by atoms with Crippen molar-refractivity contribution >= 4 is 11.9 Å². The van der Waals surface area contributed by atoms with E-state index >= 15 is 0 Å².